The van der Waals surface area contributed by atoms with Crippen molar-refractivity contribution in [2.75, 3.05) is 19.6 Å². The Morgan fingerprint density at radius 3 is 2.67 bits per heavy atom. The summed E-state index contributed by atoms with van der Waals surface area (Å²) in [6.45, 7) is 10.4. The second-order valence-electron chi connectivity index (χ2n) is 10.0. The Morgan fingerprint density at radius 1 is 1.12 bits per heavy atom. The average Bonchev–Trinajstić information content (AvgIpc) is 3.49. The van der Waals surface area contributed by atoms with E-state index in [1.807, 2.05) is 23.4 Å². The maximum atomic E-state index is 14.0. The van der Waals surface area contributed by atoms with Gasteiger partial charge < -0.3 is 9.47 Å². The van der Waals surface area contributed by atoms with Gasteiger partial charge in [0.15, 0.2) is 0 Å². The molecule has 6 heteroatoms. The molecule has 0 N–H and O–H groups in total. The van der Waals surface area contributed by atoms with Gasteiger partial charge in [-0.25, -0.2) is 4.98 Å². The molecule has 33 heavy (non-hydrogen) atoms. The van der Waals surface area contributed by atoms with E-state index in [0.29, 0.717) is 12.6 Å². The van der Waals surface area contributed by atoms with Crippen LogP contribution in [0.2, 0.25) is 0 Å². The number of amides is 1. The number of benzene rings is 1. The second-order valence-corrected chi connectivity index (χ2v) is 10.0. The zero-order valence-electron chi connectivity index (χ0n) is 19.8. The Hall–Kier alpha value is -2.99. The third-order valence-electron chi connectivity index (χ3n) is 7.34. The van der Waals surface area contributed by atoms with Gasteiger partial charge in [-0.05, 0) is 50.5 Å². The van der Waals surface area contributed by atoms with Gasteiger partial charge in [-0.3, -0.25) is 14.7 Å². The summed E-state index contributed by atoms with van der Waals surface area (Å²) in [5.74, 6) is 0.382. The average molecular weight is 444 g/mol. The number of hydrogen-bond donors (Lipinski definition) is 0. The first-order valence-corrected chi connectivity index (χ1v) is 11.9. The third-order valence-corrected chi connectivity index (χ3v) is 7.34. The van der Waals surface area contributed by atoms with Crippen LogP contribution in [0.15, 0.2) is 61.3 Å². The van der Waals surface area contributed by atoms with Gasteiger partial charge in [-0.2, -0.15) is 0 Å². The molecule has 0 aliphatic carbocycles. The molecule has 0 saturated carbocycles. The van der Waals surface area contributed by atoms with E-state index in [-0.39, 0.29) is 11.8 Å². The van der Waals surface area contributed by atoms with Gasteiger partial charge in [0, 0.05) is 63.3 Å². The highest BCUT2D eigenvalue weighted by Crippen LogP contribution is 2.50. The van der Waals surface area contributed by atoms with E-state index in [2.05, 4.69) is 65.7 Å². The van der Waals surface area contributed by atoms with Gasteiger partial charge in [-0.15, -0.1) is 0 Å². The summed E-state index contributed by atoms with van der Waals surface area (Å²) in [5, 5.41) is 0. The van der Waals surface area contributed by atoms with Crippen molar-refractivity contribution in [2.45, 2.75) is 52.2 Å². The first kappa shape index (κ1) is 21.8. The lowest BCUT2D eigenvalue weighted by molar-refractivity contribution is -0.136. The first-order chi connectivity index (χ1) is 15.9. The van der Waals surface area contributed by atoms with E-state index in [9.17, 15) is 4.79 Å². The Kier molecular flexibility index (Phi) is 5.79. The fourth-order valence-corrected chi connectivity index (χ4v) is 5.57. The summed E-state index contributed by atoms with van der Waals surface area (Å²) >= 11 is 0. The summed E-state index contributed by atoms with van der Waals surface area (Å²) in [6.07, 6.45) is 8.55. The molecule has 2 atom stereocenters. The van der Waals surface area contributed by atoms with Crippen molar-refractivity contribution in [3.8, 4) is 0 Å². The van der Waals surface area contributed by atoms with Gasteiger partial charge in [0.2, 0.25) is 5.91 Å². The van der Waals surface area contributed by atoms with Crippen molar-refractivity contribution in [2.24, 2.45) is 5.41 Å². The molecular formula is C27H33N5O. The van der Waals surface area contributed by atoms with E-state index in [1.54, 1.807) is 12.4 Å². The zero-order chi connectivity index (χ0) is 23.0. The van der Waals surface area contributed by atoms with Crippen LogP contribution < -0.4 is 0 Å². The fourth-order valence-electron chi connectivity index (χ4n) is 5.57. The van der Waals surface area contributed by atoms with Crippen molar-refractivity contribution in [3.63, 3.8) is 0 Å². The van der Waals surface area contributed by atoms with Crippen LogP contribution in [-0.2, 0) is 17.9 Å². The minimum absolute atomic E-state index is 0.109. The van der Waals surface area contributed by atoms with Crippen LogP contribution >= 0.6 is 0 Å². The van der Waals surface area contributed by atoms with Crippen LogP contribution in [0.1, 0.15) is 54.6 Å². The highest BCUT2D eigenvalue weighted by molar-refractivity contribution is 5.86. The Labute approximate surface area is 196 Å². The number of likely N-dealkylation sites (tertiary alicyclic amines) is 2. The van der Waals surface area contributed by atoms with Crippen molar-refractivity contribution in [1.82, 2.24) is 24.3 Å². The van der Waals surface area contributed by atoms with Crippen molar-refractivity contribution in [3.05, 3.63) is 83.7 Å². The van der Waals surface area contributed by atoms with E-state index in [1.165, 1.54) is 11.1 Å². The molecular weight excluding hydrogens is 410 g/mol. The second kappa shape index (κ2) is 8.75. The number of carbonyl (C=O) groups excluding carboxylic acids is 1. The molecule has 2 fully saturated rings. The highest BCUT2D eigenvalue weighted by atomic mass is 16.2. The third kappa shape index (κ3) is 4.20. The molecule has 0 radical (unpaired) electrons. The highest BCUT2D eigenvalue weighted by Gasteiger charge is 2.57. The minimum Gasteiger partial charge on any atom is -0.338 e. The van der Waals surface area contributed by atoms with Crippen molar-refractivity contribution >= 4 is 5.91 Å². The van der Waals surface area contributed by atoms with Crippen molar-refractivity contribution < 1.29 is 4.79 Å². The number of nitrogens with zero attached hydrogens (tertiary/aromatic N) is 5. The van der Waals surface area contributed by atoms with Crippen LogP contribution in [0, 0.1) is 12.3 Å². The van der Waals surface area contributed by atoms with E-state index >= 15 is 0 Å². The van der Waals surface area contributed by atoms with E-state index in [0.717, 1.165) is 43.9 Å². The lowest BCUT2D eigenvalue weighted by Crippen LogP contribution is -2.39. The molecule has 3 aromatic rings. The maximum absolute atomic E-state index is 14.0. The quantitative estimate of drug-likeness (QED) is 0.573. The van der Waals surface area contributed by atoms with Crippen LogP contribution in [-0.4, -0.2) is 49.9 Å². The molecule has 2 aliphatic heterocycles. The smallest absolute Gasteiger partial charge is 0.231 e. The summed E-state index contributed by atoms with van der Waals surface area (Å²) in [7, 11) is 0. The van der Waals surface area contributed by atoms with Crippen LogP contribution in [0.4, 0.5) is 0 Å². The normalized spacial score (nSPS) is 23.3. The lowest BCUT2D eigenvalue weighted by atomic mass is 9.75. The standard InChI is InChI=1S/C27H33N5O/c1-20(2)32-17-25(29-19-32)24-16-30(14-23-6-4-5-21(3)13-23)18-27(24)9-12-31(26(27)33)15-22-7-10-28-11-8-22/h4-8,10-11,13,17,19-20,24H,9,12,14-16,18H2,1-3H3/t24-,27+/m1/s1. The topological polar surface area (TPSA) is 54.3 Å². The monoisotopic (exact) mass is 443 g/mol. The Morgan fingerprint density at radius 2 is 1.94 bits per heavy atom. The molecule has 1 aromatic carbocycles. The SMILES string of the molecule is Cc1cccc(CN2C[C@H](c3cn(C(C)C)cn3)[C@]3(CCN(Cc4ccncc4)C3=O)C2)c1. The first-order valence-electron chi connectivity index (χ1n) is 11.9. The Balaban J connectivity index is 1.43. The predicted octanol–water partition coefficient (Wildman–Crippen LogP) is 4.19. The molecule has 2 saturated heterocycles. The molecule has 1 amide bonds. The molecule has 2 aliphatic rings. The number of aromatic nitrogens is 3. The van der Waals surface area contributed by atoms with Crippen LogP contribution in [0.3, 0.4) is 0 Å². The summed E-state index contributed by atoms with van der Waals surface area (Å²) < 4.78 is 2.15. The molecule has 4 heterocycles. The number of carbonyl (C=O) groups is 1. The fraction of sp³-hybridized carbons (Fsp3) is 0.444. The molecule has 0 bridgehead atoms. The number of imidazole rings is 1. The number of pyridine rings is 1. The maximum Gasteiger partial charge on any atom is 0.231 e. The summed E-state index contributed by atoms with van der Waals surface area (Å²) in [6, 6.07) is 13.0. The molecule has 1 spiro atoms. The summed E-state index contributed by atoms with van der Waals surface area (Å²) in [5.41, 5.74) is 4.35. The van der Waals surface area contributed by atoms with Gasteiger partial charge in [0.25, 0.3) is 0 Å². The summed E-state index contributed by atoms with van der Waals surface area (Å²) in [4.78, 5) is 27.4. The largest absolute Gasteiger partial charge is 0.338 e. The zero-order valence-corrected chi connectivity index (χ0v) is 19.8. The number of aryl methyl sites for hydroxylation is 1. The molecule has 5 rings (SSSR count). The molecule has 2 aromatic heterocycles. The molecule has 6 nitrogen and oxygen atoms in total. The number of rotatable bonds is 6. The van der Waals surface area contributed by atoms with Crippen molar-refractivity contribution in [1.29, 1.82) is 0 Å². The predicted molar refractivity (Wildman–Crippen MR) is 129 cm³/mol. The van der Waals surface area contributed by atoms with Gasteiger partial charge in [-0.1, -0.05) is 29.8 Å². The van der Waals surface area contributed by atoms with Gasteiger partial charge in [0.05, 0.1) is 17.4 Å². The molecule has 0 unspecified atom stereocenters. The van der Waals surface area contributed by atoms with Crippen LogP contribution in [0.5, 0.6) is 0 Å². The van der Waals surface area contributed by atoms with Crippen LogP contribution in [0.25, 0.3) is 0 Å². The lowest BCUT2D eigenvalue weighted by Gasteiger charge is -2.28. The van der Waals surface area contributed by atoms with Gasteiger partial charge in [0.1, 0.15) is 0 Å². The van der Waals surface area contributed by atoms with E-state index < -0.39 is 5.41 Å². The van der Waals surface area contributed by atoms with E-state index in [4.69, 9.17) is 4.98 Å². The van der Waals surface area contributed by atoms with Gasteiger partial charge >= 0.3 is 0 Å². The number of hydrogen-bond acceptors (Lipinski definition) is 4. The molecule has 172 valence electrons. The Bertz CT molecular complexity index is 1120. The minimum atomic E-state index is -0.410.